The predicted octanol–water partition coefficient (Wildman–Crippen LogP) is 2.50. The number of amides is 2. The lowest BCUT2D eigenvalue weighted by atomic mass is 9.95. The number of benzene rings is 1. The molecule has 1 heterocycles. The third-order valence-electron chi connectivity index (χ3n) is 5.12. The summed E-state index contributed by atoms with van der Waals surface area (Å²) in [6.07, 6.45) is 1.20. The zero-order valence-corrected chi connectivity index (χ0v) is 19.3. The van der Waals surface area contributed by atoms with Gasteiger partial charge in [-0.05, 0) is 43.4 Å². The minimum atomic E-state index is -3.82. The van der Waals surface area contributed by atoms with Crippen LogP contribution >= 0.6 is 11.6 Å². The molecule has 1 aliphatic heterocycles. The number of sulfonamides is 1. The molecule has 0 unspecified atom stereocenters. The van der Waals surface area contributed by atoms with Crippen LogP contribution in [0.25, 0.3) is 0 Å². The van der Waals surface area contributed by atoms with Crippen LogP contribution in [0.5, 0.6) is 0 Å². The van der Waals surface area contributed by atoms with E-state index < -0.39 is 21.9 Å². The first kappa shape index (κ1) is 24.6. The second-order valence-electron chi connectivity index (χ2n) is 8.18. The van der Waals surface area contributed by atoms with Gasteiger partial charge in [-0.15, -0.1) is 0 Å². The van der Waals surface area contributed by atoms with Gasteiger partial charge in [0.2, 0.25) is 21.8 Å². The summed E-state index contributed by atoms with van der Waals surface area (Å²) in [7, 11) is -0.533. The zero-order chi connectivity index (χ0) is 22.6. The van der Waals surface area contributed by atoms with E-state index in [0.29, 0.717) is 19.3 Å². The summed E-state index contributed by atoms with van der Waals surface area (Å²) in [5, 5.41) is 2.58. The van der Waals surface area contributed by atoms with E-state index in [1.807, 2.05) is 13.8 Å². The van der Waals surface area contributed by atoms with Crippen LogP contribution < -0.4 is 5.32 Å². The molecule has 0 bridgehead atoms. The molecule has 1 aromatic rings. The van der Waals surface area contributed by atoms with Crippen molar-refractivity contribution >= 4 is 33.4 Å². The summed E-state index contributed by atoms with van der Waals surface area (Å²) in [5.41, 5.74) is 0. The van der Waals surface area contributed by atoms with Crippen molar-refractivity contribution in [3.63, 3.8) is 0 Å². The molecule has 0 saturated carbocycles. The second-order valence-corrected chi connectivity index (χ2v) is 10.5. The molecule has 168 valence electrons. The molecule has 2 rings (SSSR count). The Balaban J connectivity index is 2.02. The van der Waals surface area contributed by atoms with Crippen LogP contribution in [-0.4, -0.2) is 62.7 Å². The molecule has 1 saturated heterocycles. The molecule has 10 heteroatoms. The number of halogens is 2. The quantitative estimate of drug-likeness (QED) is 0.675. The molecular formula is C20H29ClFN3O4S. The number of hydrogen-bond donors (Lipinski definition) is 1. The third-order valence-corrected chi connectivity index (χ3v) is 7.30. The van der Waals surface area contributed by atoms with Gasteiger partial charge in [0.1, 0.15) is 11.9 Å². The van der Waals surface area contributed by atoms with Crippen molar-refractivity contribution < 1.29 is 22.4 Å². The van der Waals surface area contributed by atoms with E-state index in [9.17, 15) is 22.4 Å². The number of rotatable bonds is 7. The Hall–Kier alpha value is -1.71. The Morgan fingerprint density at radius 3 is 2.37 bits per heavy atom. The first-order valence-electron chi connectivity index (χ1n) is 9.90. The largest absolute Gasteiger partial charge is 0.347 e. The second kappa shape index (κ2) is 10.1. The van der Waals surface area contributed by atoms with Crippen molar-refractivity contribution in [1.29, 1.82) is 0 Å². The normalized spacial score (nSPS) is 17.0. The van der Waals surface area contributed by atoms with Crippen molar-refractivity contribution in [2.45, 2.75) is 44.0 Å². The molecule has 1 atom stereocenters. The topological polar surface area (TPSA) is 86.8 Å². The molecule has 0 aromatic heterocycles. The number of carbonyl (C=O) groups is 2. The van der Waals surface area contributed by atoms with Crippen molar-refractivity contribution in [2.24, 2.45) is 11.8 Å². The average molecular weight is 462 g/mol. The van der Waals surface area contributed by atoms with E-state index in [0.717, 1.165) is 12.1 Å². The van der Waals surface area contributed by atoms with E-state index in [2.05, 4.69) is 5.32 Å². The molecule has 1 aliphatic rings. The van der Waals surface area contributed by atoms with E-state index in [-0.39, 0.29) is 46.7 Å². The summed E-state index contributed by atoms with van der Waals surface area (Å²) < 4.78 is 40.2. The van der Waals surface area contributed by atoms with E-state index in [4.69, 9.17) is 11.6 Å². The molecular weight excluding hydrogens is 433 g/mol. The monoisotopic (exact) mass is 461 g/mol. The first-order chi connectivity index (χ1) is 13.9. The van der Waals surface area contributed by atoms with Crippen LogP contribution in [0.4, 0.5) is 4.39 Å². The number of nitrogens with zero attached hydrogens (tertiary/aromatic N) is 2. The van der Waals surface area contributed by atoms with Gasteiger partial charge in [0.25, 0.3) is 0 Å². The summed E-state index contributed by atoms with van der Waals surface area (Å²) in [5.74, 6) is -1.23. The van der Waals surface area contributed by atoms with Crippen molar-refractivity contribution in [3.05, 3.63) is 29.0 Å². The van der Waals surface area contributed by atoms with E-state index in [1.54, 1.807) is 14.1 Å². The fourth-order valence-electron chi connectivity index (χ4n) is 3.44. The highest BCUT2D eigenvalue weighted by atomic mass is 35.5. The third kappa shape index (κ3) is 5.92. The lowest BCUT2D eigenvalue weighted by Crippen LogP contribution is -2.50. The standard InChI is InChI=1S/C20H29ClFN3O4S/c1-13(2)11-18(20(27)24(3)4)23-19(26)14-7-9-25(10-8-14)30(28,29)15-5-6-17(22)16(21)12-15/h5-6,12-14,18H,7-11H2,1-4H3,(H,23,26)/t18-/m1/s1. The highest BCUT2D eigenvalue weighted by molar-refractivity contribution is 7.89. The van der Waals surface area contributed by atoms with Crippen molar-refractivity contribution in [1.82, 2.24) is 14.5 Å². The smallest absolute Gasteiger partial charge is 0.244 e. The van der Waals surface area contributed by atoms with Gasteiger partial charge in [0, 0.05) is 33.1 Å². The SMILES string of the molecule is CC(C)C[C@@H](NC(=O)C1CCN(S(=O)(=O)c2ccc(F)c(Cl)c2)CC1)C(=O)N(C)C. The van der Waals surface area contributed by atoms with Gasteiger partial charge >= 0.3 is 0 Å². The fourth-order valence-corrected chi connectivity index (χ4v) is 5.18. The molecule has 7 nitrogen and oxygen atoms in total. The molecule has 30 heavy (non-hydrogen) atoms. The van der Waals surface area contributed by atoms with Crippen LogP contribution in [0.15, 0.2) is 23.1 Å². The predicted molar refractivity (Wildman–Crippen MR) is 113 cm³/mol. The highest BCUT2D eigenvalue weighted by Gasteiger charge is 2.34. The summed E-state index contributed by atoms with van der Waals surface area (Å²) in [6.45, 7) is 4.28. The minimum Gasteiger partial charge on any atom is -0.347 e. The molecule has 1 fully saturated rings. The average Bonchev–Trinajstić information content (AvgIpc) is 2.68. The van der Waals surface area contributed by atoms with Gasteiger partial charge in [-0.3, -0.25) is 9.59 Å². The maximum absolute atomic E-state index is 13.3. The first-order valence-corrected chi connectivity index (χ1v) is 11.7. The van der Waals surface area contributed by atoms with Gasteiger partial charge in [-0.1, -0.05) is 25.4 Å². The number of piperidine rings is 1. The Morgan fingerprint density at radius 1 is 1.27 bits per heavy atom. The van der Waals surface area contributed by atoms with Gasteiger partial charge in [0.15, 0.2) is 0 Å². The number of nitrogens with one attached hydrogen (secondary N) is 1. The van der Waals surface area contributed by atoms with Crippen LogP contribution in [0, 0.1) is 17.7 Å². The Bertz CT molecular complexity index is 884. The maximum atomic E-state index is 13.3. The summed E-state index contributed by atoms with van der Waals surface area (Å²) in [4.78, 5) is 26.5. The van der Waals surface area contributed by atoms with Crippen LogP contribution in [0.1, 0.15) is 33.1 Å². The molecule has 0 spiro atoms. The molecule has 1 N–H and O–H groups in total. The Labute approximate surface area is 182 Å². The zero-order valence-electron chi connectivity index (χ0n) is 17.7. The molecule has 0 aliphatic carbocycles. The lowest BCUT2D eigenvalue weighted by molar-refractivity contribution is -0.136. The fraction of sp³-hybridized carbons (Fsp3) is 0.600. The minimum absolute atomic E-state index is 0.0784. The number of carbonyl (C=O) groups excluding carboxylic acids is 2. The maximum Gasteiger partial charge on any atom is 0.244 e. The van der Waals surface area contributed by atoms with E-state index >= 15 is 0 Å². The number of likely N-dealkylation sites (N-methyl/N-ethyl adjacent to an activating group) is 1. The number of hydrogen-bond acceptors (Lipinski definition) is 4. The molecule has 2 amide bonds. The van der Waals surface area contributed by atoms with Gasteiger partial charge in [-0.25, -0.2) is 12.8 Å². The van der Waals surface area contributed by atoms with Gasteiger partial charge < -0.3 is 10.2 Å². The van der Waals surface area contributed by atoms with Crippen molar-refractivity contribution in [3.8, 4) is 0 Å². The van der Waals surface area contributed by atoms with Crippen LogP contribution in [0.2, 0.25) is 5.02 Å². The van der Waals surface area contributed by atoms with E-state index in [1.165, 1.54) is 15.3 Å². The molecule has 1 aromatic carbocycles. The van der Waals surface area contributed by atoms with Gasteiger partial charge in [-0.2, -0.15) is 4.31 Å². The van der Waals surface area contributed by atoms with Crippen LogP contribution in [0.3, 0.4) is 0 Å². The molecule has 0 radical (unpaired) electrons. The van der Waals surface area contributed by atoms with Gasteiger partial charge in [0.05, 0.1) is 9.92 Å². The summed E-state index contributed by atoms with van der Waals surface area (Å²) >= 11 is 5.71. The Kier molecular flexibility index (Phi) is 8.24. The highest BCUT2D eigenvalue weighted by Crippen LogP contribution is 2.26. The summed E-state index contributed by atoms with van der Waals surface area (Å²) in [6, 6.07) is 2.69. The lowest BCUT2D eigenvalue weighted by Gasteiger charge is -2.32. The van der Waals surface area contributed by atoms with Crippen LogP contribution in [-0.2, 0) is 19.6 Å². The van der Waals surface area contributed by atoms with Crippen molar-refractivity contribution in [2.75, 3.05) is 27.2 Å². The Morgan fingerprint density at radius 2 is 1.87 bits per heavy atom.